The van der Waals surface area contributed by atoms with Crippen LogP contribution in [0.4, 0.5) is 0 Å². The molecule has 1 atom stereocenters. The van der Waals surface area contributed by atoms with Gasteiger partial charge < -0.3 is 0 Å². The molecule has 282 valence electrons. The molecule has 0 radical (unpaired) electrons. The van der Waals surface area contributed by atoms with Gasteiger partial charge in [0.25, 0.3) is 0 Å². The average molecular weight is 765 g/mol. The van der Waals surface area contributed by atoms with Gasteiger partial charge in [0.2, 0.25) is 0 Å². The van der Waals surface area contributed by atoms with Crippen molar-refractivity contribution in [2.24, 2.45) is 0 Å². The summed E-state index contributed by atoms with van der Waals surface area (Å²) in [6.07, 6.45) is 0. The van der Waals surface area contributed by atoms with Crippen LogP contribution in [0.25, 0.3) is 89.2 Å². The van der Waals surface area contributed by atoms with Crippen LogP contribution in [0.2, 0.25) is 0 Å². The molecular weight excluding hydrogens is 725 g/mol. The second-order valence-corrected chi connectivity index (χ2v) is 15.9. The van der Waals surface area contributed by atoms with E-state index >= 15 is 0 Å². The lowest BCUT2D eigenvalue weighted by Crippen LogP contribution is -2.22. The van der Waals surface area contributed by atoms with Crippen molar-refractivity contribution in [2.45, 2.75) is 12.3 Å². The Bertz CT molecular complexity index is 3130. The van der Waals surface area contributed by atoms with E-state index in [9.17, 15) is 0 Å². The molecule has 2 heteroatoms. The lowest BCUT2D eigenvalue weighted by molar-refractivity contribution is 0.714. The molecule has 1 aliphatic carbocycles. The quantitative estimate of drug-likeness (QED) is 0.162. The molecule has 0 saturated heterocycles. The van der Waals surface area contributed by atoms with Crippen molar-refractivity contribution in [3.8, 4) is 78.4 Å². The third-order valence-electron chi connectivity index (χ3n) is 12.4. The molecule has 0 saturated carbocycles. The van der Waals surface area contributed by atoms with Crippen LogP contribution in [0.5, 0.6) is 0 Å². The average Bonchev–Trinajstić information content (AvgIpc) is 3.59. The van der Waals surface area contributed by atoms with Crippen molar-refractivity contribution in [3.63, 3.8) is 0 Å². The van der Waals surface area contributed by atoms with Crippen LogP contribution in [0.15, 0.2) is 224 Å². The fourth-order valence-corrected chi connectivity index (χ4v) is 9.31. The summed E-state index contributed by atoms with van der Waals surface area (Å²) in [6, 6.07) is 80.7. The van der Waals surface area contributed by atoms with Gasteiger partial charge in [0.15, 0.2) is 5.82 Å². The van der Waals surface area contributed by atoms with Crippen LogP contribution in [-0.4, -0.2) is 9.97 Å². The Labute approximate surface area is 351 Å². The van der Waals surface area contributed by atoms with E-state index in [4.69, 9.17) is 9.97 Å². The van der Waals surface area contributed by atoms with E-state index in [1.807, 2.05) is 24.3 Å². The first-order valence-corrected chi connectivity index (χ1v) is 20.6. The number of rotatable bonds is 7. The maximum absolute atomic E-state index is 5.17. The Kier molecular flexibility index (Phi) is 8.64. The van der Waals surface area contributed by atoms with E-state index in [1.54, 1.807) is 0 Å². The van der Waals surface area contributed by atoms with Crippen LogP contribution in [0, 0.1) is 0 Å². The number of nitrogens with zero attached hydrogens (tertiary/aromatic N) is 2. The molecule has 1 aromatic heterocycles. The number of fused-ring (bicyclic) bond motifs is 4. The van der Waals surface area contributed by atoms with Crippen LogP contribution < -0.4 is 0 Å². The van der Waals surface area contributed by atoms with Crippen molar-refractivity contribution in [3.05, 3.63) is 241 Å². The highest BCUT2D eigenvalue weighted by Crippen LogP contribution is 2.53. The molecule has 1 aliphatic rings. The van der Waals surface area contributed by atoms with E-state index in [0.29, 0.717) is 5.82 Å². The fraction of sp³-hybridized carbons (Fsp3) is 0.0345. The SMILES string of the molecule is CC1(c2ccccc2)c2ccccc2-c2ccc(-c3ccc(-c4cccc(-c5ccc(-c6cc(-c7ccccc7)nc(-c7ccccc7)n6)c6ccccc56)c4)cc3)cc21. The van der Waals surface area contributed by atoms with E-state index < -0.39 is 0 Å². The van der Waals surface area contributed by atoms with Crippen LogP contribution in [0.3, 0.4) is 0 Å². The minimum atomic E-state index is -0.225. The van der Waals surface area contributed by atoms with Crippen LogP contribution in [0.1, 0.15) is 23.6 Å². The summed E-state index contributed by atoms with van der Waals surface area (Å²) in [5, 5.41) is 2.34. The number of benzene rings is 9. The van der Waals surface area contributed by atoms with Gasteiger partial charge in [-0.25, -0.2) is 9.97 Å². The molecule has 0 aliphatic heterocycles. The van der Waals surface area contributed by atoms with E-state index in [2.05, 4.69) is 207 Å². The molecule has 0 fully saturated rings. The minimum Gasteiger partial charge on any atom is -0.228 e. The molecule has 2 nitrogen and oxygen atoms in total. The fourth-order valence-electron chi connectivity index (χ4n) is 9.31. The van der Waals surface area contributed by atoms with Crippen molar-refractivity contribution in [1.29, 1.82) is 0 Å². The molecule has 1 heterocycles. The predicted molar refractivity (Wildman–Crippen MR) is 250 cm³/mol. The summed E-state index contributed by atoms with van der Waals surface area (Å²) in [5.41, 5.74) is 18.6. The maximum Gasteiger partial charge on any atom is 0.160 e. The van der Waals surface area contributed by atoms with Crippen molar-refractivity contribution < 1.29 is 0 Å². The zero-order valence-electron chi connectivity index (χ0n) is 33.3. The normalized spacial score (nSPS) is 14.2. The Morgan fingerprint density at radius 1 is 0.300 bits per heavy atom. The summed E-state index contributed by atoms with van der Waals surface area (Å²) in [5.74, 6) is 0.714. The summed E-state index contributed by atoms with van der Waals surface area (Å²) in [7, 11) is 0. The lowest BCUT2D eigenvalue weighted by Gasteiger charge is -2.28. The molecule has 0 bridgehead atoms. The van der Waals surface area contributed by atoms with Gasteiger partial charge in [-0.3, -0.25) is 0 Å². The highest BCUT2D eigenvalue weighted by Gasteiger charge is 2.40. The highest BCUT2D eigenvalue weighted by molar-refractivity contribution is 6.05. The molecule has 10 aromatic rings. The molecule has 60 heavy (non-hydrogen) atoms. The summed E-state index contributed by atoms with van der Waals surface area (Å²) in [6.45, 7) is 2.38. The van der Waals surface area contributed by atoms with Gasteiger partial charge in [-0.2, -0.15) is 0 Å². The zero-order valence-corrected chi connectivity index (χ0v) is 33.3. The highest BCUT2D eigenvalue weighted by atomic mass is 14.9. The van der Waals surface area contributed by atoms with Gasteiger partial charge in [-0.1, -0.05) is 206 Å². The standard InChI is InChI=1S/C58H40N2/c1-58(46-22-9-4-10-23-46)53-27-14-13-26-50(53)51-33-32-44(37-54(51)58)40-30-28-39(29-31-40)43-20-15-21-45(36-43)47-34-35-52(49-25-12-11-24-48(47)49)56-38-55(41-16-5-2-6-17-41)59-57(60-56)42-18-7-3-8-19-42/h2-38H,1H3. The van der Waals surface area contributed by atoms with Gasteiger partial charge in [-0.15, -0.1) is 0 Å². The molecule has 0 spiro atoms. The number of hydrogen-bond acceptors (Lipinski definition) is 2. The van der Waals surface area contributed by atoms with E-state index in [1.165, 1.54) is 66.6 Å². The second kappa shape index (κ2) is 14.6. The Balaban J connectivity index is 0.942. The maximum atomic E-state index is 5.17. The third kappa shape index (κ3) is 6.04. The molecule has 9 aromatic carbocycles. The van der Waals surface area contributed by atoms with E-state index in [0.717, 1.165) is 33.5 Å². The second-order valence-electron chi connectivity index (χ2n) is 15.9. The predicted octanol–water partition coefficient (Wildman–Crippen LogP) is 15.0. The smallest absolute Gasteiger partial charge is 0.160 e. The summed E-state index contributed by atoms with van der Waals surface area (Å²) >= 11 is 0. The summed E-state index contributed by atoms with van der Waals surface area (Å²) in [4.78, 5) is 10.2. The van der Waals surface area contributed by atoms with Gasteiger partial charge in [0.05, 0.1) is 11.4 Å². The summed E-state index contributed by atoms with van der Waals surface area (Å²) < 4.78 is 0. The minimum absolute atomic E-state index is 0.225. The van der Waals surface area contributed by atoms with Crippen molar-refractivity contribution in [2.75, 3.05) is 0 Å². The number of hydrogen-bond donors (Lipinski definition) is 0. The zero-order chi connectivity index (χ0) is 40.0. The molecular formula is C58H40N2. The van der Waals surface area contributed by atoms with Gasteiger partial charge in [0, 0.05) is 22.1 Å². The topological polar surface area (TPSA) is 25.8 Å². The van der Waals surface area contributed by atoms with Crippen molar-refractivity contribution >= 4 is 10.8 Å². The monoisotopic (exact) mass is 764 g/mol. The first-order valence-electron chi connectivity index (χ1n) is 20.6. The molecule has 11 rings (SSSR count). The van der Waals surface area contributed by atoms with Gasteiger partial charge >= 0.3 is 0 Å². The number of aromatic nitrogens is 2. The third-order valence-corrected chi connectivity index (χ3v) is 12.4. The van der Waals surface area contributed by atoms with Gasteiger partial charge in [-0.05, 0) is 97.1 Å². The Morgan fingerprint density at radius 2 is 0.800 bits per heavy atom. The van der Waals surface area contributed by atoms with Crippen LogP contribution >= 0.6 is 0 Å². The van der Waals surface area contributed by atoms with Crippen molar-refractivity contribution in [1.82, 2.24) is 9.97 Å². The first-order chi connectivity index (χ1) is 29.6. The Morgan fingerprint density at radius 3 is 1.53 bits per heavy atom. The van der Waals surface area contributed by atoms with Gasteiger partial charge in [0.1, 0.15) is 0 Å². The molecule has 0 amide bonds. The largest absolute Gasteiger partial charge is 0.228 e. The molecule has 1 unspecified atom stereocenters. The van der Waals surface area contributed by atoms with Crippen LogP contribution in [-0.2, 0) is 5.41 Å². The first kappa shape index (κ1) is 35.5. The van der Waals surface area contributed by atoms with E-state index in [-0.39, 0.29) is 5.41 Å². The Hall–Kier alpha value is -7.68. The molecule has 0 N–H and O–H groups in total. The lowest BCUT2D eigenvalue weighted by atomic mass is 9.74.